The monoisotopic (exact) mass is 212 g/mol. The predicted molar refractivity (Wildman–Crippen MR) is 62.7 cm³/mol. The van der Waals surface area contributed by atoms with E-state index >= 15 is 0 Å². The fourth-order valence-corrected chi connectivity index (χ4v) is 2.30. The van der Waals surface area contributed by atoms with Crippen LogP contribution in [0.1, 0.15) is 38.5 Å². The second-order valence-corrected chi connectivity index (χ2v) is 6.07. The number of aryl methyl sites for hydroxylation is 1. The zero-order valence-electron chi connectivity index (χ0n) is 9.29. The molecule has 0 aliphatic carbocycles. The molecule has 80 valence electrons. The van der Waals surface area contributed by atoms with Gasteiger partial charge in [0, 0.05) is 4.88 Å². The molecule has 0 aliphatic rings. The molecule has 1 heterocycles. The first-order valence-electron chi connectivity index (χ1n) is 5.18. The van der Waals surface area contributed by atoms with Crippen molar-refractivity contribution in [3.63, 3.8) is 0 Å². The number of hydrogen-bond donors (Lipinski definition) is 1. The van der Waals surface area contributed by atoms with Gasteiger partial charge in [-0.25, -0.2) is 0 Å². The Morgan fingerprint density at radius 3 is 2.64 bits per heavy atom. The molecule has 1 nitrogen and oxygen atoms in total. The molecule has 1 aromatic heterocycles. The quantitative estimate of drug-likeness (QED) is 0.810. The SMILES string of the molecule is CC(C)(C)CC(O)CCc1cccs1. The van der Waals surface area contributed by atoms with E-state index in [2.05, 4.69) is 38.3 Å². The van der Waals surface area contributed by atoms with Crippen molar-refractivity contribution in [2.75, 3.05) is 0 Å². The molecule has 0 aliphatic heterocycles. The number of aliphatic hydroxyl groups is 1. The van der Waals surface area contributed by atoms with Crippen LogP contribution in [0.2, 0.25) is 0 Å². The maximum atomic E-state index is 9.79. The van der Waals surface area contributed by atoms with Crippen molar-refractivity contribution in [1.82, 2.24) is 0 Å². The van der Waals surface area contributed by atoms with Crippen molar-refractivity contribution in [3.05, 3.63) is 22.4 Å². The van der Waals surface area contributed by atoms with Crippen LogP contribution in [0.4, 0.5) is 0 Å². The van der Waals surface area contributed by atoms with Gasteiger partial charge in [-0.15, -0.1) is 11.3 Å². The minimum absolute atomic E-state index is 0.155. The summed E-state index contributed by atoms with van der Waals surface area (Å²) in [6.07, 6.45) is 2.63. The van der Waals surface area contributed by atoms with Gasteiger partial charge < -0.3 is 5.11 Å². The van der Waals surface area contributed by atoms with Crippen molar-refractivity contribution in [3.8, 4) is 0 Å². The van der Waals surface area contributed by atoms with Crippen LogP contribution in [0.15, 0.2) is 17.5 Å². The van der Waals surface area contributed by atoms with E-state index in [0.717, 1.165) is 19.3 Å². The van der Waals surface area contributed by atoms with Gasteiger partial charge in [-0.1, -0.05) is 26.8 Å². The molecule has 0 aromatic carbocycles. The molecule has 2 heteroatoms. The first-order chi connectivity index (χ1) is 6.47. The summed E-state index contributed by atoms with van der Waals surface area (Å²) in [5, 5.41) is 11.9. The fourth-order valence-electron chi connectivity index (χ4n) is 1.57. The average molecular weight is 212 g/mol. The zero-order chi connectivity index (χ0) is 10.6. The largest absolute Gasteiger partial charge is 0.393 e. The molecular weight excluding hydrogens is 192 g/mol. The molecule has 14 heavy (non-hydrogen) atoms. The third kappa shape index (κ3) is 4.77. The van der Waals surface area contributed by atoms with Crippen LogP contribution in [0.25, 0.3) is 0 Å². The van der Waals surface area contributed by atoms with Gasteiger partial charge in [0.2, 0.25) is 0 Å². The van der Waals surface area contributed by atoms with Gasteiger partial charge in [0.1, 0.15) is 0 Å². The number of thiophene rings is 1. The Labute approximate surface area is 90.8 Å². The van der Waals surface area contributed by atoms with Crippen LogP contribution in [0.5, 0.6) is 0 Å². The Morgan fingerprint density at radius 2 is 2.14 bits per heavy atom. The van der Waals surface area contributed by atoms with Crippen LogP contribution < -0.4 is 0 Å². The number of hydrogen-bond acceptors (Lipinski definition) is 2. The number of rotatable bonds is 4. The fraction of sp³-hybridized carbons (Fsp3) is 0.667. The van der Waals surface area contributed by atoms with Gasteiger partial charge in [0.15, 0.2) is 0 Å². The van der Waals surface area contributed by atoms with Gasteiger partial charge >= 0.3 is 0 Å². The summed E-state index contributed by atoms with van der Waals surface area (Å²) in [6, 6.07) is 4.20. The van der Waals surface area contributed by atoms with E-state index in [4.69, 9.17) is 0 Å². The summed E-state index contributed by atoms with van der Waals surface area (Å²) < 4.78 is 0. The van der Waals surface area contributed by atoms with Crippen LogP contribution in [-0.2, 0) is 6.42 Å². The molecule has 1 N–H and O–H groups in total. The van der Waals surface area contributed by atoms with E-state index in [9.17, 15) is 5.11 Å². The Balaban J connectivity index is 2.25. The van der Waals surface area contributed by atoms with Crippen molar-refractivity contribution < 1.29 is 5.11 Å². The molecule has 0 radical (unpaired) electrons. The van der Waals surface area contributed by atoms with Gasteiger partial charge in [-0.2, -0.15) is 0 Å². The van der Waals surface area contributed by atoms with Crippen LogP contribution in [0.3, 0.4) is 0 Å². The first-order valence-corrected chi connectivity index (χ1v) is 6.06. The van der Waals surface area contributed by atoms with Gasteiger partial charge in [-0.05, 0) is 36.1 Å². The zero-order valence-corrected chi connectivity index (χ0v) is 10.1. The Hall–Kier alpha value is -0.340. The standard InChI is InChI=1S/C12H20OS/c1-12(2,3)9-10(13)6-7-11-5-4-8-14-11/h4-5,8,10,13H,6-7,9H2,1-3H3. The van der Waals surface area contributed by atoms with Crippen molar-refractivity contribution >= 4 is 11.3 Å². The Kier molecular flexibility index (Phi) is 4.14. The smallest absolute Gasteiger partial charge is 0.0548 e. The minimum Gasteiger partial charge on any atom is -0.393 e. The van der Waals surface area contributed by atoms with E-state index in [1.807, 2.05) is 0 Å². The van der Waals surface area contributed by atoms with Crippen LogP contribution >= 0.6 is 11.3 Å². The van der Waals surface area contributed by atoms with E-state index in [1.54, 1.807) is 11.3 Å². The minimum atomic E-state index is -0.155. The lowest BCUT2D eigenvalue weighted by Gasteiger charge is -2.22. The maximum Gasteiger partial charge on any atom is 0.0548 e. The molecule has 1 aromatic rings. The van der Waals surface area contributed by atoms with Gasteiger partial charge in [-0.3, -0.25) is 0 Å². The molecule has 0 saturated carbocycles. The molecule has 0 spiro atoms. The molecular formula is C12H20OS. The van der Waals surface area contributed by atoms with Gasteiger partial charge in [0.25, 0.3) is 0 Å². The summed E-state index contributed by atoms with van der Waals surface area (Å²) in [5.41, 5.74) is 0.231. The molecule has 0 fully saturated rings. The first kappa shape index (κ1) is 11.7. The van der Waals surface area contributed by atoms with Crippen molar-refractivity contribution in [1.29, 1.82) is 0 Å². The lowest BCUT2D eigenvalue weighted by molar-refractivity contribution is 0.113. The Morgan fingerprint density at radius 1 is 1.43 bits per heavy atom. The molecule has 0 saturated heterocycles. The number of aliphatic hydroxyl groups excluding tert-OH is 1. The normalized spacial score (nSPS) is 14.3. The topological polar surface area (TPSA) is 20.2 Å². The molecule has 0 amide bonds. The average Bonchev–Trinajstić information content (AvgIpc) is 2.49. The molecule has 0 bridgehead atoms. The van der Waals surface area contributed by atoms with E-state index in [-0.39, 0.29) is 11.5 Å². The highest BCUT2D eigenvalue weighted by atomic mass is 32.1. The molecule has 1 atom stereocenters. The van der Waals surface area contributed by atoms with E-state index in [1.165, 1.54) is 4.88 Å². The summed E-state index contributed by atoms with van der Waals surface area (Å²) in [4.78, 5) is 1.37. The molecule has 1 rings (SSSR count). The summed E-state index contributed by atoms with van der Waals surface area (Å²) in [5.74, 6) is 0. The third-order valence-corrected chi connectivity index (χ3v) is 3.09. The highest BCUT2D eigenvalue weighted by Crippen LogP contribution is 2.23. The van der Waals surface area contributed by atoms with Crippen molar-refractivity contribution in [2.24, 2.45) is 5.41 Å². The summed E-state index contributed by atoms with van der Waals surface area (Å²) >= 11 is 1.77. The van der Waals surface area contributed by atoms with E-state index in [0.29, 0.717) is 0 Å². The van der Waals surface area contributed by atoms with E-state index < -0.39 is 0 Å². The second kappa shape index (κ2) is 4.94. The van der Waals surface area contributed by atoms with Crippen LogP contribution in [-0.4, -0.2) is 11.2 Å². The van der Waals surface area contributed by atoms with Crippen LogP contribution in [0, 0.1) is 5.41 Å². The third-order valence-electron chi connectivity index (χ3n) is 2.15. The maximum absolute atomic E-state index is 9.79. The highest BCUT2D eigenvalue weighted by molar-refractivity contribution is 7.09. The summed E-state index contributed by atoms with van der Waals surface area (Å²) in [7, 11) is 0. The predicted octanol–water partition coefficient (Wildman–Crippen LogP) is 3.48. The lowest BCUT2D eigenvalue weighted by atomic mass is 9.88. The highest BCUT2D eigenvalue weighted by Gasteiger charge is 2.16. The Bertz CT molecular complexity index is 246. The van der Waals surface area contributed by atoms with Gasteiger partial charge in [0.05, 0.1) is 6.10 Å². The molecule has 1 unspecified atom stereocenters. The van der Waals surface area contributed by atoms with Crippen molar-refractivity contribution in [2.45, 2.75) is 46.1 Å². The lowest BCUT2D eigenvalue weighted by Crippen LogP contribution is -2.17. The second-order valence-electron chi connectivity index (χ2n) is 5.04. The summed E-state index contributed by atoms with van der Waals surface area (Å²) in [6.45, 7) is 6.50.